The molecule has 0 amide bonds. The Bertz CT molecular complexity index is 653. The molecule has 1 fully saturated rings. The lowest BCUT2D eigenvalue weighted by Gasteiger charge is -2.42. The van der Waals surface area contributed by atoms with E-state index < -0.39 is 12.8 Å². The molecule has 0 heterocycles. The molecule has 1 aliphatic carbocycles. The number of guanidine groups is 1. The summed E-state index contributed by atoms with van der Waals surface area (Å²) in [6.45, 7) is 3.51. The quantitative estimate of drug-likeness (QED) is 0.243. The first kappa shape index (κ1) is 27.0. The summed E-state index contributed by atoms with van der Waals surface area (Å²) < 4.78 is 46.6. The van der Waals surface area contributed by atoms with Gasteiger partial charge in [0.05, 0.1) is 13.2 Å². The largest absolute Gasteiger partial charge is 0.411 e. The molecule has 172 valence electrons. The van der Waals surface area contributed by atoms with Crippen molar-refractivity contribution in [3.8, 4) is 0 Å². The van der Waals surface area contributed by atoms with E-state index >= 15 is 0 Å². The van der Waals surface area contributed by atoms with Crippen LogP contribution in [-0.2, 0) is 22.6 Å². The molecule has 0 aromatic heterocycles. The lowest BCUT2D eigenvalue weighted by molar-refractivity contribution is -0.176. The van der Waals surface area contributed by atoms with E-state index in [9.17, 15) is 13.2 Å². The maximum atomic E-state index is 12.2. The summed E-state index contributed by atoms with van der Waals surface area (Å²) in [7, 11) is 1.73. The fourth-order valence-corrected chi connectivity index (χ4v) is 3.40. The minimum Gasteiger partial charge on any atom is -0.385 e. The lowest BCUT2D eigenvalue weighted by Crippen LogP contribution is -2.46. The zero-order chi connectivity index (χ0) is 21.2. The molecule has 0 bridgehead atoms. The predicted molar refractivity (Wildman–Crippen MR) is 123 cm³/mol. The second-order valence-electron chi connectivity index (χ2n) is 7.57. The summed E-state index contributed by atoms with van der Waals surface area (Å²) in [5, 5.41) is 6.69. The van der Waals surface area contributed by atoms with Crippen LogP contribution in [0.25, 0.3) is 0 Å². The van der Waals surface area contributed by atoms with E-state index in [0.29, 0.717) is 12.1 Å². The topological polar surface area (TPSA) is 54.9 Å². The number of benzene rings is 1. The molecule has 9 heteroatoms. The van der Waals surface area contributed by atoms with Crippen molar-refractivity contribution in [1.29, 1.82) is 0 Å². The van der Waals surface area contributed by atoms with Crippen LogP contribution in [0.2, 0.25) is 0 Å². The molecule has 2 N–H and O–H groups in total. The van der Waals surface area contributed by atoms with Gasteiger partial charge in [0.15, 0.2) is 5.96 Å². The first-order valence-electron chi connectivity index (χ1n) is 10.1. The van der Waals surface area contributed by atoms with Crippen molar-refractivity contribution >= 4 is 29.9 Å². The maximum Gasteiger partial charge on any atom is 0.411 e. The zero-order valence-corrected chi connectivity index (χ0v) is 20.0. The standard InChI is InChI=1S/C21H32F3N3O2.HI/c1-3-25-19(27-15-20(8-5-9-20)10-11-28-2)26-13-17-6-4-7-18(12-17)14-29-16-21(22,23)24;/h4,6-7,12H,3,5,8-11,13-16H2,1-2H3,(H2,25,26,27);1H. The molecule has 0 spiro atoms. The highest BCUT2D eigenvalue weighted by atomic mass is 127. The molecule has 0 aliphatic heterocycles. The number of hydrogen-bond donors (Lipinski definition) is 2. The summed E-state index contributed by atoms with van der Waals surface area (Å²) in [6.07, 6.45) is 0.374. The number of rotatable bonds is 11. The number of methoxy groups -OCH3 is 1. The summed E-state index contributed by atoms with van der Waals surface area (Å²) >= 11 is 0. The third-order valence-electron chi connectivity index (χ3n) is 5.17. The van der Waals surface area contributed by atoms with E-state index in [4.69, 9.17) is 9.47 Å². The normalized spacial score (nSPS) is 15.8. The van der Waals surface area contributed by atoms with E-state index in [0.717, 1.165) is 37.6 Å². The maximum absolute atomic E-state index is 12.2. The Morgan fingerprint density at radius 1 is 1.20 bits per heavy atom. The summed E-state index contributed by atoms with van der Waals surface area (Å²) in [4.78, 5) is 4.63. The van der Waals surface area contributed by atoms with Gasteiger partial charge in [-0.2, -0.15) is 13.2 Å². The van der Waals surface area contributed by atoms with E-state index in [1.54, 1.807) is 13.2 Å². The van der Waals surface area contributed by atoms with Gasteiger partial charge in [-0.1, -0.05) is 30.7 Å². The fourth-order valence-electron chi connectivity index (χ4n) is 3.40. The minimum atomic E-state index is -4.31. The van der Waals surface area contributed by atoms with E-state index in [2.05, 4.69) is 15.6 Å². The van der Waals surface area contributed by atoms with Gasteiger partial charge in [-0.15, -0.1) is 24.0 Å². The monoisotopic (exact) mass is 543 g/mol. The smallest absolute Gasteiger partial charge is 0.385 e. The number of ether oxygens (including phenoxy) is 2. The fraction of sp³-hybridized carbons (Fsp3) is 0.667. The van der Waals surface area contributed by atoms with Crippen LogP contribution in [-0.4, -0.2) is 45.5 Å². The number of nitrogens with one attached hydrogen (secondary N) is 2. The average molecular weight is 543 g/mol. The SMILES string of the molecule is CCNC(=NCc1cccc(COCC(F)(F)F)c1)NCC1(CCOC)CCC1.I. The Labute approximate surface area is 194 Å². The second kappa shape index (κ2) is 13.4. The molecule has 2 rings (SSSR count). The van der Waals surface area contributed by atoms with Crippen molar-refractivity contribution in [3.63, 3.8) is 0 Å². The Kier molecular flexibility index (Phi) is 12.0. The van der Waals surface area contributed by atoms with Crippen LogP contribution in [0, 0.1) is 5.41 Å². The molecular weight excluding hydrogens is 510 g/mol. The van der Waals surface area contributed by atoms with E-state index in [-0.39, 0.29) is 36.0 Å². The van der Waals surface area contributed by atoms with Crippen molar-refractivity contribution < 1.29 is 22.6 Å². The van der Waals surface area contributed by atoms with Gasteiger partial charge in [0.25, 0.3) is 0 Å². The molecular formula is C21H33F3IN3O2. The lowest BCUT2D eigenvalue weighted by atomic mass is 9.67. The van der Waals surface area contributed by atoms with Crippen molar-refractivity contribution in [2.24, 2.45) is 10.4 Å². The molecule has 1 aromatic rings. The van der Waals surface area contributed by atoms with Gasteiger partial charge in [0.1, 0.15) is 6.61 Å². The van der Waals surface area contributed by atoms with Gasteiger partial charge in [-0.3, -0.25) is 0 Å². The minimum absolute atomic E-state index is 0. The molecule has 0 unspecified atom stereocenters. The van der Waals surface area contributed by atoms with Crippen LogP contribution in [0.4, 0.5) is 13.2 Å². The predicted octanol–water partition coefficient (Wildman–Crippen LogP) is 4.65. The molecule has 1 saturated carbocycles. The van der Waals surface area contributed by atoms with Crippen molar-refractivity contribution in [1.82, 2.24) is 10.6 Å². The summed E-state index contributed by atoms with van der Waals surface area (Å²) in [5.41, 5.74) is 1.91. The van der Waals surface area contributed by atoms with Crippen LogP contribution in [0.1, 0.15) is 43.7 Å². The Morgan fingerprint density at radius 2 is 1.93 bits per heavy atom. The Morgan fingerprint density at radius 3 is 2.53 bits per heavy atom. The summed E-state index contributed by atoms with van der Waals surface area (Å²) in [6, 6.07) is 7.30. The number of alkyl halides is 3. The third kappa shape index (κ3) is 9.82. The molecule has 0 saturated heterocycles. The van der Waals surface area contributed by atoms with E-state index in [1.165, 1.54) is 19.3 Å². The highest BCUT2D eigenvalue weighted by Crippen LogP contribution is 2.43. The van der Waals surface area contributed by atoms with Gasteiger partial charge in [0, 0.05) is 26.8 Å². The number of nitrogens with zero attached hydrogens (tertiary/aromatic N) is 1. The van der Waals surface area contributed by atoms with Crippen LogP contribution < -0.4 is 10.6 Å². The highest BCUT2D eigenvalue weighted by molar-refractivity contribution is 14.0. The number of aliphatic imine (C=N–C) groups is 1. The average Bonchev–Trinajstić information content (AvgIpc) is 2.64. The first-order valence-corrected chi connectivity index (χ1v) is 10.1. The number of hydrogen-bond acceptors (Lipinski definition) is 3. The highest BCUT2D eigenvalue weighted by Gasteiger charge is 2.36. The van der Waals surface area contributed by atoms with E-state index in [1.807, 2.05) is 25.1 Å². The number of halogens is 4. The van der Waals surface area contributed by atoms with Gasteiger partial charge >= 0.3 is 6.18 Å². The van der Waals surface area contributed by atoms with Crippen molar-refractivity contribution in [3.05, 3.63) is 35.4 Å². The summed E-state index contributed by atoms with van der Waals surface area (Å²) in [5.74, 6) is 0.745. The zero-order valence-electron chi connectivity index (χ0n) is 17.7. The van der Waals surface area contributed by atoms with Crippen LogP contribution in [0.5, 0.6) is 0 Å². The Balaban J connectivity index is 0.00000450. The van der Waals surface area contributed by atoms with Gasteiger partial charge in [0.2, 0.25) is 0 Å². The molecule has 1 aromatic carbocycles. The third-order valence-corrected chi connectivity index (χ3v) is 5.17. The van der Waals surface area contributed by atoms with Crippen molar-refractivity contribution in [2.45, 2.75) is 51.9 Å². The Hall–Kier alpha value is -1.07. The molecule has 5 nitrogen and oxygen atoms in total. The molecule has 30 heavy (non-hydrogen) atoms. The van der Waals surface area contributed by atoms with Gasteiger partial charge < -0.3 is 20.1 Å². The first-order chi connectivity index (χ1) is 13.9. The second-order valence-corrected chi connectivity index (χ2v) is 7.57. The molecule has 0 atom stereocenters. The van der Waals surface area contributed by atoms with Crippen LogP contribution >= 0.6 is 24.0 Å². The van der Waals surface area contributed by atoms with Crippen LogP contribution in [0.15, 0.2) is 29.3 Å². The van der Waals surface area contributed by atoms with Crippen LogP contribution in [0.3, 0.4) is 0 Å². The molecule has 1 aliphatic rings. The van der Waals surface area contributed by atoms with Gasteiger partial charge in [-0.05, 0) is 42.7 Å². The molecule has 0 radical (unpaired) electrons. The van der Waals surface area contributed by atoms with Gasteiger partial charge in [-0.25, -0.2) is 4.99 Å². The van der Waals surface area contributed by atoms with Crippen molar-refractivity contribution in [2.75, 3.05) is 33.4 Å².